The van der Waals surface area contributed by atoms with Gasteiger partial charge in [-0.2, -0.15) is 13.2 Å². The number of nitrogens with one attached hydrogen (secondary N) is 1. The molecule has 1 amide bonds. The predicted octanol–water partition coefficient (Wildman–Crippen LogP) is 3.46. The van der Waals surface area contributed by atoms with Crippen molar-refractivity contribution in [2.24, 2.45) is 0 Å². The molecule has 0 aliphatic heterocycles. The van der Waals surface area contributed by atoms with Gasteiger partial charge in [-0.05, 0) is 45.0 Å². The minimum absolute atomic E-state index is 0.223. The molecule has 0 saturated heterocycles. The first-order chi connectivity index (χ1) is 12.9. The number of rotatable bonds is 4. The molecular weight excluding hydrogens is 377 g/mol. The van der Waals surface area contributed by atoms with Gasteiger partial charge in [0.25, 0.3) is 11.5 Å². The quantitative estimate of drug-likeness (QED) is 0.803. The van der Waals surface area contributed by atoms with E-state index in [9.17, 15) is 27.6 Å². The fourth-order valence-corrected chi connectivity index (χ4v) is 2.36. The minimum Gasteiger partial charge on any atom is -0.459 e. The number of alkyl halides is 3. The summed E-state index contributed by atoms with van der Waals surface area (Å²) < 4.78 is 45.1. The average molecular weight is 396 g/mol. The van der Waals surface area contributed by atoms with Crippen molar-refractivity contribution >= 4 is 17.6 Å². The number of halogens is 3. The zero-order valence-corrected chi connectivity index (χ0v) is 15.5. The Morgan fingerprint density at radius 3 is 2.18 bits per heavy atom. The molecule has 0 bridgehead atoms. The lowest BCUT2D eigenvalue weighted by atomic mass is 10.2. The molecule has 6 nitrogen and oxygen atoms in total. The second-order valence-electron chi connectivity index (χ2n) is 6.93. The number of nitrogens with zero attached hydrogens (tertiary/aromatic N) is 1. The van der Waals surface area contributed by atoms with Gasteiger partial charge in [-0.15, -0.1) is 0 Å². The highest BCUT2D eigenvalue weighted by atomic mass is 19.4. The van der Waals surface area contributed by atoms with Crippen LogP contribution in [0.15, 0.2) is 47.3 Å². The van der Waals surface area contributed by atoms with Crippen LogP contribution < -0.4 is 10.9 Å². The van der Waals surface area contributed by atoms with Crippen LogP contribution in [0.4, 0.5) is 18.9 Å². The van der Waals surface area contributed by atoms with E-state index < -0.39 is 41.5 Å². The number of hydrogen-bond donors (Lipinski definition) is 1. The number of esters is 1. The minimum atomic E-state index is -4.87. The Morgan fingerprint density at radius 1 is 1.04 bits per heavy atom. The Kier molecular flexibility index (Phi) is 5.96. The molecule has 1 aromatic carbocycles. The summed E-state index contributed by atoms with van der Waals surface area (Å²) >= 11 is 0. The van der Waals surface area contributed by atoms with Crippen molar-refractivity contribution in [2.45, 2.75) is 39.1 Å². The standard InChI is InChI=1S/C19H19F3N2O4/c1-18(2,3)28-15(25)11-24-14(19(20,21)22)10-9-13(17(24)27)23-16(26)12-7-5-4-6-8-12/h4-10H,11H2,1-3H3,(H,23,26). The van der Waals surface area contributed by atoms with E-state index in [0.717, 1.165) is 6.07 Å². The number of anilines is 1. The van der Waals surface area contributed by atoms with E-state index in [-0.39, 0.29) is 15.8 Å². The summed E-state index contributed by atoms with van der Waals surface area (Å²) in [6.07, 6.45) is -4.87. The Balaban J connectivity index is 2.41. The molecule has 0 saturated carbocycles. The topological polar surface area (TPSA) is 77.4 Å². The fourth-order valence-electron chi connectivity index (χ4n) is 2.36. The average Bonchev–Trinajstić information content (AvgIpc) is 2.56. The van der Waals surface area contributed by atoms with E-state index in [2.05, 4.69) is 5.32 Å². The molecule has 1 aromatic heterocycles. The van der Waals surface area contributed by atoms with Crippen LogP contribution in [0.1, 0.15) is 36.8 Å². The Morgan fingerprint density at radius 2 is 1.64 bits per heavy atom. The number of hydrogen-bond acceptors (Lipinski definition) is 4. The van der Waals surface area contributed by atoms with Gasteiger partial charge in [-0.1, -0.05) is 18.2 Å². The lowest BCUT2D eigenvalue weighted by Crippen LogP contribution is -2.35. The number of ether oxygens (including phenoxy) is 1. The third-order valence-corrected chi connectivity index (χ3v) is 3.46. The molecule has 2 rings (SSSR count). The van der Waals surface area contributed by atoms with Gasteiger partial charge in [0.15, 0.2) is 0 Å². The van der Waals surface area contributed by atoms with Crippen LogP contribution in [-0.2, 0) is 22.3 Å². The number of carbonyl (C=O) groups excluding carboxylic acids is 2. The van der Waals surface area contributed by atoms with Gasteiger partial charge in [-0.25, -0.2) is 0 Å². The molecule has 0 spiro atoms. The summed E-state index contributed by atoms with van der Waals surface area (Å²) in [7, 11) is 0. The Bertz CT molecular complexity index is 929. The largest absolute Gasteiger partial charge is 0.459 e. The first-order valence-corrected chi connectivity index (χ1v) is 8.28. The maximum absolute atomic E-state index is 13.3. The molecule has 150 valence electrons. The highest BCUT2D eigenvalue weighted by Gasteiger charge is 2.36. The van der Waals surface area contributed by atoms with E-state index in [1.807, 2.05) is 0 Å². The van der Waals surface area contributed by atoms with Crippen LogP contribution in [0.25, 0.3) is 0 Å². The lowest BCUT2D eigenvalue weighted by molar-refractivity contribution is -0.157. The van der Waals surface area contributed by atoms with Gasteiger partial charge < -0.3 is 10.1 Å². The van der Waals surface area contributed by atoms with Gasteiger partial charge in [0, 0.05) is 5.56 Å². The normalized spacial score (nSPS) is 11.8. The summed E-state index contributed by atoms with van der Waals surface area (Å²) in [5.74, 6) is -1.67. The van der Waals surface area contributed by atoms with Crippen LogP contribution >= 0.6 is 0 Å². The Labute approximate surface area is 158 Å². The molecule has 0 aliphatic carbocycles. The summed E-state index contributed by atoms with van der Waals surface area (Å²) in [5.41, 5.74) is -3.57. The number of amides is 1. The molecule has 2 aromatic rings. The monoisotopic (exact) mass is 396 g/mol. The maximum atomic E-state index is 13.3. The van der Waals surface area contributed by atoms with Crippen molar-refractivity contribution in [3.63, 3.8) is 0 Å². The van der Waals surface area contributed by atoms with Gasteiger partial charge in [0.05, 0.1) is 0 Å². The van der Waals surface area contributed by atoms with Gasteiger partial charge in [0.2, 0.25) is 0 Å². The van der Waals surface area contributed by atoms with Gasteiger partial charge >= 0.3 is 12.1 Å². The van der Waals surface area contributed by atoms with Crippen molar-refractivity contribution < 1.29 is 27.5 Å². The maximum Gasteiger partial charge on any atom is 0.431 e. The van der Waals surface area contributed by atoms with E-state index in [4.69, 9.17) is 4.74 Å². The van der Waals surface area contributed by atoms with Crippen LogP contribution in [0.2, 0.25) is 0 Å². The fraction of sp³-hybridized carbons (Fsp3) is 0.316. The zero-order chi connectivity index (χ0) is 21.1. The van der Waals surface area contributed by atoms with Crippen molar-refractivity contribution in [1.29, 1.82) is 0 Å². The number of carbonyl (C=O) groups is 2. The third-order valence-electron chi connectivity index (χ3n) is 3.46. The van der Waals surface area contributed by atoms with Crippen LogP contribution in [-0.4, -0.2) is 22.0 Å². The van der Waals surface area contributed by atoms with E-state index in [0.29, 0.717) is 6.07 Å². The molecule has 28 heavy (non-hydrogen) atoms. The van der Waals surface area contributed by atoms with E-state index >= 15 is 0 Å². The van der Waals surface area contributed by atoms with Crippen molar-refractivity contribution in [3.05, 3.63) is 64.1 Å². The lowest BCUT2D eigenvalue weighted by Gasteiger charge is -2.21. The third kappa shape index (κ3) is 5.45. The van der Waals surface area contributed by atoms with E-state index in [1.54, 1.807) is 39.0 Å². The Hall–Kier alpha value is -3.10. The molecule has 1 heterocycles. The van der Waals surface area contributed by atoms with Crippen LogP contribution in [0, 0.1) is 0 Å². The molecule has 0 unspecified atom stereocenters. The zero-order valence-electron chi connectivity index (χ0n) is 15.5. The van der Waals surface area contributed by atoms with Gasteiger partial charge in [-0.3, -0.25) is 19.0 Å². The highest BCUT2D eigenvalue weighted by Crippen LogP contribution is 2.29. The number of pyridine rings is 1. The van der Waals surface area contributed by atoms with Gasteiger partial charge in [0.1, 0.15) is 23.5 Å². The second kappa shape index (κ2) is 7.87. The van der Waals surface area contributed by atoms with Crippen LogP contribution in [0.5, 0.6) is 0 Å². The first kappa shape index (κ1) is 21.2. The molecule has 0 fully saturated rings. The second-order valence-corrected chi connectivity index (χ2v) is 6.93. The molecular formula is C19H19F3N2O4. The molecule has 0 atom stereocenters. The molecule has 1 N–H and O–H groups in total. The summed E-state index contributed by atoms with van der Waals surface area (Å²) in [5, 5.41) is 2.28. The summed E-state index contributed by atoms with van der Waals surface area (Å²) in [6.45, 7) is 3.71. The molecule has 0 aliphatic rings. The van der Waals surface area contributed by atoms with Crippen molar-refractivity contribution in [1.82, 2.24) is 4.57 Å². The van der Waals surface area contributed by atoms with Crippen molar-refractivity contribution in [2.75, 3.05) is 5.32 Å². The smallest absolute Gasteiger partial charge is 0.431 e. The summed E-state index contributed by atoms with van der Waals surface area (Å²) in [4.78, 5) is 36.7. The SMILES string of the molecule is CC(C)(C)OC(=O)Cn1c(C(F)(F)F)ccc(NC(=O)c2ccccc2)c1=O. The molecule has 9 heteroatoms. The highest BCUT2D eigenvalue weighted by molar-refractivity contribution is 6.04. The number of aromatic nitrogens is 1. The van der Waals surface area contributed by atoms with Crippen LogP contribution in [0.3, 0.4) is 0 Å². The van der Waals surface area contributed by atoms with E-state index in [1.165, 1.54) is 12.1 Å². The number of benzene rings is 1. The predicted molar refractivity (Wildman–Crippen MR) is 95.9 cm³/mol. The van der Waals surface area contributed by atoms with Crippen molar-refractivity contribution in [3.8, 4) is 0 Å². The first-order valence-electron chi connectivity index (χ1n) is 8.28. The summed E-state index contributed by atoms with van der Waals surface area (Å²) in [6, 6.07) is 9.34. The molecule has 0 radical (unpaired) electrons.